The van der Waals surface area contributed by atoms with Gasteiger partial charge in [0.2, 0.25) is 0 Å². The van der Waals surface area contributed by atoms with Crippen LogP contribution in [-0.4, -0.2) is 41.5 Å². The van der Waals surface area contributed by atoms with Gasteiger partial charge in [0.15, 0.2) is 0 Å². The van der Waals surface area contributed by atoms with Crippen LogP contribution in [-0.2, 0) is 22.6 Å². The van der Waals surface area contributed by atoms with E-state index in [4.69, 9.17) is 14.0 Å². The second-order valence-electron chi connectivity index (χ2n) is 6.90. The van der Waals surface area contributed by atoms with Gasteiger partial charge in [-0.15, -0.1) is 0 Å². The summed E-state index contributed by atoms with van der Waals surface area (Å²) in [5.41, 5.74) is 2.02. The van der Waals surface area contributed by atoms with Crippen molar-refractivity contribution in [2.45, 2.75) is 44.6 Å². The van der Waals surface area contributed by atoms with E-state index in [0.29, 0.717) is 6.61 Å². The fourth-order valence-electron chi connectivity index (χ4n) is 3.86. The van der Waals surface area contributed by atoms with Crippen LogP contribution < -0.4 is 0 Å². The Balaban J connectivity index is 1.43. The Kier molecular flexibility index (Phi) is 4.39. The van der Waals surface area contributed by atoms with Gasteiger partial charge in [0.1, 0.15) is 17.5 Å². The van der Waals surface area contributed by atoms with Gasteiger partial charge in [0, 0.05) is 32.3 Å². The fraction of sp³-hybridized carbons (Fsp3) is 0.526. The highest BCUT2D eigenvalue weighted by molar-refractivity contribution is 5.14. The molecular weight excluding hydrogens is 304 g/mol. The smallest absolute Gasteiger partial charge is 0.133 e. The van der Waals surface area contributed by atoms with Crippen LogP contribution in [0.15, 0.2) is 40.9 Å². The number of benzene rings is 1. The Bertz CT molecular complexity index is 664. The molecule has 0 radical (unpaired) electrons. The zero-order valence-electron chi connectivity index (χ0n) is 14.1. The molecule has 1 aromatic heterocycles. The first kappa shape index (κ1) is 15.8. The van der Waals surface area contributed by atoms with E-state index in [1.807, 2.05) is 31.2 Å². The van der Waals surface area contributed by atoms with Gasteiger partial charge in [-0.1, -0.05) is 35.5 Å². The normalized spacial score (nSPS) is 27.3. The van der Waals surface area contributed by atoms with Crippen molar-refractivity contribution in [1.82, 2.24) is 10.1 Å². The first-order valence-corrected chi connectivity index (χ1v) is 8.68. The average Bonchev–Trinajstić information content (AvgIpc) is 3.30. The molecule has 3 heterocycles. The summed E-state index contributed by atoms with van der Waals surface area (Å²) >= 11 is 0. The molecule has 128 valence electrons. The zero-order chi connectivity index (χ0) is 16.4. The van der Waals surface area contributed by atoms with E-state index in [0.717, 1.165) is 50.5 Å². The minimum absolute atomic E-state index is 0.105. The summed E-state index contributed by atoms with van der Waals surface area (Å²) in [6.07, 6.45) is 2.29. The molecule has 2 aliphatic rings. The predicted molar refractivity (Wildman–Crippen MR) is 89.5 cm³/mol. The van der Waals surface area contributed by atoms with E-state index < -0.39 is 0 Å². The molecule has 1 aromatic carbocycles. The Labute approximate surface area is 142 Å². The molecule has 0 aliphatic carbocycles. The fourth-order valence-corrected chi connectivity index (χ4v) is 3.86. The minimum atomic E-state index is -0.159. The van der Waals surface area contributed by atoms with Gasteiger partial charge in [-0.2, -0.15) is 0 Å². The monoisotopic (exact) mass is 328 g/mol. The van der Waals surface area contributed by atoms with Crippen molar-refractivity contribution >= 4 is 0 Å². The lowest BCUT2D eigenvalue weighted by Crippen LogP contribution is -2.42. The van der Waals surface area contributed by atoms with Crippen molar-refractivity contribution in [3.8, 4) is 0 Å². The van der Waals surface area contributed by atoms with E-state index in [1.165, 1.54) is 5.56 Å². The number of rotatable bonds is 5. The number of likely N-dealkylation sites (tertiary alicyclic amines) is 1. The molecule has 4 rings (SSSR count). The summed E-state index contributed by atoms with van der Waals surface area (Å²) in [5, 5.41) is 4.11. The van der Waals surface area contributed by atoms with Crippen molar-refractivity contribution in [2.75, 3.05) is 19.7 Å². The van der Waals surface area contributed by atoms with Crippen LogP contribution in [0.5, 0.6) is 0 Å². The molecule has 0 unspecified atom stereocenters. The Morgan fingerprint density at radius 2 is 2.21 bits per heavy atom. The quantitative estimate of drug-likeness (QED) is 0.844. The Morgan fingerprint density at radius 3 is 2.92 bits per heavy atom. The third-order valence-electron chi connectivity index (χ3n) is 4.99. The lowest BCUT2D eigenvalue weighted by atomic mass is 9.96. The second kappa shape index (κ2) is 6.67. The molecule has 1 spiro atoms. The zero-order valence-corrected chi connectivity index (χ0v) is 14.1. The van der Waals surface area contributed by atoms with Gasteiger partial charge in [-0.3, -0.25) is 4.90 Å². The predicted octanol–water partition coefficient (Wildman–Crippen LogP) is 2.93. The van der Waals surface area contributed by atoms with E-state index in [2.05, 4.69) is 22.2 Å². The molecule has 0 N–H and O–H groups in total. The highest BCUT2D eigenvalue weighted by Gasteiger charge is 2.50. The third kappa shape index (κ3) is 3.24. The van der Waals surface area contributed by atoms with Crippen LogP contribution in [0.4, 0.5) is 0 Å². The molecule has 5 heteroatoms. The standard InChI is InChI=1S/C19H24N2O3/c1-15-10-17(20-24-15)11-21-12-18(19(14-21)8-5-9-23-19)22-13-16-6-3-2-4-7-16/h2-4,6-7,10,18H,5,8-9,11-14H2,1H3/t18-,19-/m0/s1. The molecule has 0 bridgehead atoms. The average molecular weight is 328 g/mol. The highest BCUT2D eigenvalue weighted by atomic mass is 16.6. The maximum absolute atomic E-state index is 6.29. The molecule has 5 nitrogen and oxygen atoms in total. The van der Waals surface area contributed by atoms with E-state index in [-0.39, 0.29) is 11.7 Å². The maximum atomic E-state index is 6.29. The highest BCUT2D eigenvalue weighted by Crippen LogP contribution is 2.37. The number of hydrogen-bond acceptors (Lipinski definition) is 5. The van der Waals surface area contributed by atoms with Gasteiger partial charge < -0.3 is 14.0 Å². The molecule has 2 aliphatic heterocycles. The third-order valence-corrected chi connectivity index (χ3v) is 4.99. The summed E-state index contributed by atoms with van der Waals surface area (Å²) in [4.78, 5) is 2.37. The summed E-state index contributed by atoms with van der Waals surface area (Å²) in [6.45, 7) is 5.95. The Morgan fingerprint density at radius 1 is 1.33 bits per heavy atom. The van der Waals surface area contributed by atoms with E-state index in [9.17, 15) is 0 Å². The topological polar surface area (TPSA) is 47.7 Å². The van der Waals surface area contributed by atoms with Crippen LogP contribution in [0.25, 0.3) is 0 Å². The van der Waals surface area contributed by atoms with Crippen molar-refractivity contribution in [3.63, 3.8) is 0 Å². The van der Waals surface area contributed by atoms with Gasteiger partial charge in [0.05, 0.1) is 12.3 Å². The summed E-state index contributed by atoms with van der Waals surface area (Å²) in [7, 11) is 0. The number of nitrogens with zero attached hydrogens (tertiary/aromatic N) is 2. The summed E-state index contributed by atoms with van der Waals surface area (Å²) in [5.74, 6) is 0.855. The summed E-state index contributed by atoms with van der Waals surface area (Å²) in [6, 6.07) is 12.3. The van der Waals surface area contributed by atoms with Crippen LogP contribution in [0.1, 0.15) is 29.9 Å². The van der Waals surface area contributed by atoms with E-state index >= 15 is 0 Å². The lowest BCUT2D eigenvalue weighted by Gasteiger charge is -2.29. The minimum Gasteiger partial charge on any atom is -0.371 e. The number of aryl methyl sites for hydroxylation is 1. The maximum Gasteiger partial charge on any atom is 0.133 e. The van der Waals surface area contributed by atoms with Crippen LogP contribution in [0, 0.1) is 6.92 Å². The molecular formula is C19H24N2O3. The summed E-state index contributed by atoms with van der Waals surface area (Å²) < 4.78 is 17.6. The van der Waals surface area contributed by atoms with Gasteiger partial charge >= 0.3 is 0 Å². The molecule has 2 aromatic rings. The van der Waals surface area contributed by atoms with Crippen molar-refractivity contribution < 1.29 is 14.0 Å². The van der Waals surface area contributed by atoms with Gasteiger partial charge in [0.25, 0.3) is 0 Å². The Hall–Kier alpha value is -1.69. The number of aromatic nitrogens is 1. The SMILES string of the molecule is Cc1cc(CN2C[C@H](OCc3ccccc3)[C@]3(CCCO3)C2)no1. The van der Waals surface area contributed by atoms with Crippen LogP contribution in [0.2, 0.25) is 0 Å². The molecule has 2 fully saturated rings. The van der Waals surface area contributed by atoms with Crippen LogP contribution in [0.3, 0.4) is 0 Å². The van der Waals surface area contributed by atoms with Gasteiger partial charge in [-0.25, -0.2) is 0 Å². The van der Waals surface area contributed by atoms with Gasteiger partial charge in [-0.05, 0) is 25.3 Å². The van der Waals surface area contributed by atoms with Crippen molar-refractivity contribution in [3.05, 3.63) is 53.4 Å². The van der Waals surface area contributed by atoms with E-state index in [1.54, 1.807) is 0 Å². The number of ether oxygens (including phenoxy) is 2. The first-order valence-electron chi connectivity index (χ1n) is 8.68. The molecule has 0 amide bonds. The molecule has 2 atom stereocenters. The number of hydrogen-bond donors (Lipinski definition) is 0. The van der Waals surface area contributed by atoms with Crippen molar-refractivity contribution in [2.24, 2.45) is 0 Å². The van der Waals surface area contributed by atoms with Crippen molar-refractivity contribution in [1.29, 1.82) is 0 Å². The second-order valence-corrected chi connectivity index (χ2v) is 6.90. The first-order chi connectivity index (χ1) is 11.7. The largest absolute Gasteiger partial charge is 0.371 e. The molecule has 0 saturated carbocycles. The lowest BCUT2D eigenvalue weighted by molar-refractivity contribution is -0.0959. The molecule has 2 saturated heterocycles. The van der Waals surface area contributed by atoms with Crippen LogP contribution >= 0.6 is 0 Å². The molecule has 24 heavy (non-hydrogen) atoms.